The van der Waals surface area contributed by atoms with E-state index in [1.165, 1.54) is 4.40 Å². The van der Waals surface area contributed by atoms with Gasteiger partial charge in [-0.25, -0.2) is 4.98 Å². The molecule has 0 unspecified atom stereocenters. The zero-order valence-corrected chi connectivity index (χ0v) is 16.3. The summed E-state index contributed by atoms with van der Waals surface area (Å²) in [5.74, 6) is 0.0456. The van der Waals surface area contributed by atoms with E-state index in [0.717, 1.165) is 23.3 Å². The lowest BCUT2D eigenvalue weighted by Gasteiger charge is -2.34. The topological polar surface area (TPSA) is 57.9 Å². The van der Waals surface area contributed by atoms with E-state index in [0.29, 0.717) is 30.8 Å². The number of fused-ring (bicyclic) bond motifs is 1. The molecule has 0 bridgehead atoms. The van der Waals surface area contributed by atoms with Crippen LogP contribution in [0, 0.1) is 0 Å². The zero-order valence-electron chi connectivity index (χ0n) is 14.7. The summed E-state index contributed by atoms with van der Waals surface area (Å²) in [6.07, 6.45) is 1.72. The van der Waals surface area contributed by atoms with Crippen LogP contribution in [0.3, 0.4) is 0 Å². The summed E-state index contributed by atoms with van der Waals surface area (Å²) in [5, 5.41) is 0. The molecule has 0 spiro atoms. The number of carbonyl (C=O) groups is 1. The highest BCUT2D eigenvalue weighted by Gasteiger charge is 2.23. The smallest absolute Gasteiger partial charge is 0.258 e. The largest absolute Gasteiger partial charge is 0.336 e. The number of nitrogens with zero attached hydrogens (tertiary/aromatic N) is 4. The fourth-order valence-corrected chi connectivity index (χ4v) is 3.78. The maximum Gasteiger partial charge on any atom is 0.258 e. The lowest BCUT2D eigenvalue weighted by Crippen LogP contribution is -2.48. The van der Waals surface area contributed by atoms with Crippen molar-refractivity contribution in [3.05, 3.63) is 80.8 Å². The van der Waals surface area contributed by atoms with Crippen molar-refractivity contribution in [2.75, 3.05) is 26.2 Å². The van der Waals surface area contributed by atoms with Gasteiger partial charge >= 0.3 is 0 Å². The van der Waals surface area contributed by atoms with Crippen molar-refractivity contribution in [1.29, 1.82) is 0 Å². The van der Waals surface area contributed by atoms with Gasteiger partial charge in [-0.3, -0.25) is 18.9 Å². The fourth-order valence-electron chi connectivity index (χ4n) is 3.33. The summed E-state index contributed by atoms with van der Waals surface area (Å²) in [6.45, 7) is 3.44. The van der Waals surface area contributed by atoms with E-state index in [1.807, 2.05) is 47.4 Å². The Morgan fingerprint density at radius 1 is 1.04 bits per heavy atom. The second-order valence-corrected chi connectivity index (χ2v) is 7.42. The second kappa shape index (κ2) is 7.62. The quantitative estimate of drug-likeness (QED) is 0.645. The Hall–Kier alpha value is -2.51. The minimum atomic E-state index is -0.0710. The molecule has 0 atom stereocenters. The number of benzene rings is 1. The van der Waals surface area contributed by atoms with Crippen LogP contribution in [0.2, 0.25) is 0 Å². The molecule has 0 radical (unpaired) electrons. The van der Waals surface area contributed by atoms with Crippen molar-refractivity contribution in [3.8, 4) is 0 Å². The van der Waals surface area contributed by atoms with E-state index in [-0.39, 0.29) is 11.5 Å². The number of piperazine rings is 1. The van der Waals surface area contributed by atoms with Crippen LogP contribution in [0.1, 0.15) is 16.1 Å². The number of hydrogen-bond acceptors (Lipinski definition) is 4. The SMILES string of the molecule is O=C(c1ccccc1Br)N1CCN(Cc2cc(=O)n3ccccc3n2)CC1. The first-order chi connectivity index (χ1) is 13.1. The van der Waals surface area contributed by atoms with Crippen LogP contribution < -0.4 is 5.56 Å². The highest BCUT2D eigenvalue weighted by atomic mass is 79.9. The standard InChI is InChI=1S/C20H19BrN4O2/c21-17-6-2-1-5-16(17)20(27)24-11-9-23(10-12-24)14-15-13-19(26)25-8-4-3-7-18(25)22-15/h1-8,13H,9-12,14H2. The molecule has 3 heterocycles. The number of pyridine rings is 1. The summed E-state index contributed by atoms with van der Waals surface area (Å²) in [4.78, 5) is 33.6. The monoisotopic (exact) mass is 426 g/mol. The van der Waals surface area contributed by atoms with Crippen LogP contribution >= 0.6 is 15.9 Å². The van der Waals surface area contributed by atoms with E-state index >= 15 is 0 Å². The Morgan fingerprint density at radius 3 is 2.56 bits per heavy atom. The van der Waals surface area contributed by atoms with Gasteiger partial charge in [-0.05, 0) is 40.2 Å². The van der Waals surface area contributed by atoms with Crippen LogP contribution in [0.5, 0.6) is 0 Å². The molecule has 7 heteroatoms. The summed E-state index contributed by atoms with van der Waals surface area (Å²) < 4.78 is 2.36. The van der Waals surface area contributed by atoms with Crippen molar-refractivity contribution in [1.82, 2.24) is 19.2 Å². The van der Waals surface area contributed by atoms with Crippen molar-refractivity contribution >= 4 is 27.5 Å². The lowest BCUT2D eigenvalue weighted by atomic mass is 10.2. The number of rotatable bonds is 3. The third-order valence-electron chi connectivity index (χ3n) is 4.77. The fraction of sp³-hybridized carbons (Fsp3) is 0.250. The first-order valence-electron chi connectivity index (χ1n) is 8.85. The minimum absolute atomic E-state index is 0.0456. The number of hydrogen-bond donors (Lipinski definition) is 0. The molecule has 27 heavy (non-hydrogen) atoms. The normalized spacial score (nSPS) is 15.2. The highest BCUT2D eigenvalue weighted by Crippen LogP contribution is 2.19. The number of carbonyl (C=O) groups excluding carboxylic acids is 1. The molecule has 6 nitrogen and oxygen atoms in total. The van der Waals surface area contributed by atoms with Crippen LogP contribution in [0.15, 0.2) is 64.0 Å². The predicted molar refractivity (Wildman–Crippen MR) is 107 cm³/mol. The van der Waals surface area contributed by atoms with Gasteiger partial charge in [0.1, 0.15) is 5.65 Å². The molecule has 1 aliphatic rings. The molecule has 1 aromatic carbocycles. The Bertz CT molecular complexity index is 1040. The van der Waals surface area contributed by atoms with Crippen LogP contribution in [0.25, 0.3) is 5.65 Å². The summed E-state index contributed by atoms with van der Waals surface area (Å²) in [7, 11) is 0. The average Bonchev–Trinajstić information content (AvgIpc) is 2.68. The number of amides is 1. The third-order valence-corrected chi connectivity index (χ3v) is 5.46. The van der Waals surface area contributed by atoms with Crippen molar-refractivity contribution in [2.45, 2.75) is 6.54 Å². The molecular weight excluding hydrogens is 408 g/mol. The minimum Gasteiger partial charge on any atom is -0.336 e. The van der Waals surface area contributed by atoms with Gasteiger partial charge in [0.25, 0.3) is 11.5 Å². The van der Waals surface area contributed by atoms with Gasteiger partial charge in [-0.2, -0.15) is 0 Å². The van der Waals surface area contributed by atoms with Crippen LogP contribution in [-0.4, -0.2) is 51.3 Å². The summed E-state index contributed by atoms with van der Waals surface area (Å²) in [6, 6.07) is 14.6. The molecule has 2 aromatic heterocycles. The average molecular weight is 427 g/mol. The Morgan fingerprint density at radius 2 is 1.78 bits per heavy atom. The second-order valence-electron chi connectivity index (χ2n) is 6.56. The molecule has 3 aromatic rings. The maximum atomic E-state index is 12.7. The highest BCUT2D eigenvalue weighted by molar-refractivity contribution is 9.10. The van der Waals surface area contributed by atoms with Gasteiger partial charge < -0.3 is 4.90 Å². The van der Waals surface area contributed by atoms with Gasteiger partial charge in [-0.1, -0.05) is 18.2 Å². The maximum absolute atomic E-state index is 12.7. The van der Waals surface area contributed by atoms with Gasteiger partial charge in [0.05, 0.1) is 11.3 Å². The number of aromatic nitrogens is 2. The van der Waals surface area contributed by atoms with Gasteiger partial charge in [0.15, 0.2) is 0 Å². The molecule has 138 valence electrons. The summed E-state index contributed by atoms with van der Waals surface area (Å²) in [5.41, 5.74) is 2.04. The van der Waals surface area contributed by atoms with E-state index in [9.17, 15) is 9.59 Å². The van der Waals surface area contributed by atoms with Crippen molar-refractivity contribution in [2.24, 2.45) is 0 Å². The number of halogens is 1. The van der Waals surface area contributed by atoms with Crippen LogP contribution in [0.4, 0.5) is 0 Å². The third kappa shape index (κ3) is 3.79. The predicted octanol–water partition coefficient (Wildman–Crippen LogP) is 2.42. The molecule has 0 aliphatic carbocycles. The lowest BCUT2D eigenvalue weighted by molar-refractivity contribution is 0.0626. The first kappa shape index (κ1) is 17.9. The Kier molecular flexibility index (Phi) is 5.05. The zero-order chi connectivity index (χ0) is 18.8. The molecule has 4 rings (SSSR count). The van der Waals surface area contributed by atoms with Crippen LogP contribution in [-0.2, 0) is 6.54 Å². The Labute approximate surface area is 165 Å². The molecule has 0 N–H and O–H groups in total. The van der Waals surface area contributed by atoms with Gasteiger partial charge in [0.2, 0.25) is 0 Å². The Balaban J connectivity index is 1.42. The molecule has 1 amide bonds. The molecule has 1 saturated heterocycles. The molecule has 1 aliphatic heterocycles. The molecule has 0 saturated carbocycles. The van der Waals surface area contributed by atoms with E-state index in [4.69, 9.17) is 0 Å². The van der Waals surface area contributed by atoms with Gasteiger partial charge in [0, 0.05) is 49.5 Å². The van der Waals surface area contributed by atoms with E-state index in [2.05, 4.69) is 25.8 Å². The molecule has 1 fully saturated rings. The van der Waals surface area contributed by atoms with Crippen molar-refractivity contribution < 1.29 is 4.79 Å². The van der Waals surface area contributed by atoms with E-state index < -0.39 is 0 Å². The first-order valence-corrected chi connectivity index (χ1v) is 9.64. The van der Waals surface area contributed by atoms with Gasteiger partial charge in [-0.15, -0.1) is 0 Å². The molecular formula is C20H19BrN4O2. The summed E-state index contributed by atoms with van der Waals surface area (Å²) >= 11 is 3.45. The van der Waals surface area contributed by atoms with Crippen molar-refractivity contribution in [3.63, 3.8) is 0 Å². The van der Waals surface area contributed by atoms with E-state index in [1.54, 1.807) is 12.3 Å².